The maximum atomic E-state index is 12.7. The third-order valence-electron chi connectivity index (χ3n) is 6.42. The fourth-order valence-electron chi connectivity index (χ4n) is 4.75. The van der Waals surface area contributed by atoms with Crippen LogP contribution in [0.2, 0.25) is 0 Å². The van der Waals surface area contributed by atoms with Crippen LogP contribution in [0, 0.1) is 0 Å². The molecule has 0 unspecified atom stereocenters. The van der Waals surface area contributed by atoms with Crippen LogP contribution in [0.3, 0.4) is 0 Å². The van der Waals surface area contributed by atoms with Gasteiger partial charge < -0.3 is 24.6 Å². The number of rotatable bonds is 4. The Balaban J connectivity index is 1.34. The van der Waals surface area contributed by atoms with Crippen molar-refractivity contribution < 1.29 is 19.1 Å². The molecule has 1 aromatic rings. The average Bonchev–Trinajstić information content (AvgIpc) is 3.04. The average molecular weight is 387 g/mol. The molecular formula is C21H29N3O4. The molecule has 152 valence electrons. The fourth-order valence-corrected chi connectivity index (χ4v) is 4.75. The molecule has 7 nitrogen and oxygen atoms in total. The lowest BCUT2D eigenvalue weighted by Gasteiger charge is -2.46. The molecule has 0 aliphatic carbocycles. The summed E-state index contributed by atoms with van der Waals surface area (Å²) >= 11 is 0. The molecule has 1 spiro atoms. The summed E-state index contributed by atoms with van der Waals surface area (Å²) in [6, 6.07) is 7.89. The Bertz CT molecular complexity index is 707. The van der Waals surface area contributed by atoms with E-state index in [9.17, 15) is 9.59 Å². The highest BCUT2D eigenvalue weighted by Crippen LogP contribution is 2.35. The molecule has 0 atom stereocenters. The van der Waals surface area contributed by atoms with Crippen molar-refractivity contribution in [2.24, 2.45) is 0 Å². The second kappa shape index (κ2) is 7.99. The van der Waals surface area contributed by atoms with Gasteiger partial charge in [-0.1, -0.05) is 12.1 Å². The van der Waals surface area contributed by atoms with Gasteiger partial charge in [0.05, 0.1) is 19.1 Å². The molecule has 0 aromatic heterocycles. The second-order valence-corrected chi connectivity index (χ2v) is 8.00. The summed E-state index contributed by atoms with van der Waals surface area (Å²) in [5, 5.41) is 3.04. The first-order valence-corrected chi connectivity index (χ1v) is 10.2. The number of nitrogens with zero attached hydrogens (tertiary/aromatic N) is 2. The Morgan fingerprint density at radius 1 is 1.21 bits per heavy atom. The van der Waals surface area contributed by atoms with Crippen LogP contribution in [-0.2, 0) is 16.0 Å². The van der Waals surface area contributed by atoms with Crippen molar-refractivity contribution in [1.29, 1.82) is 0 Å². The zero-order valence-electron chi connectivity index (χ0n) is 16.5. The maximum Gasteiger partial charge on any atom is 0.318 e. The molecule has 0 radical (unpaired) electrons. The van der Waals surface area contributed by atoms with Gasteiger partial charge >= 0.3 is 6.03 Å². The summed E-state index contributed by atoms with van der Waals surface area (Å²) in [4.78, 5) is 29.3. The number of carbonyl (C=O) groups excluding carboxylic acids is 2. The topological polar surface area (TPSA) is 71.1 Å². The molecule has 3 aliphatic rings. The lowest BCUT2D eigenvalue weighted by Crippen LogP contribution is -2.57. The van der Waals surface area contributed by atoms with Crippen molar-refractivity contribution in [2.45, 2.75) is 43.7 Å². The summed E-state index contributed by atoms with van der Waals surface area (Å²) in [5.41, 5.74) is 0.892. The maximum absolute atomic E-state index is 12.7. The summed E-state index contributed by atoms with van der Waals surface area (Å²) in [5.74, 6) is 0.943. The molecule has 3 fully saturated rings. The molecule has 3 saturated heterocycles. The van der Waals surface area contributed by atoms with E-state index >= 15 is 0 Å². The summed E-state index contributed by atoms with van der Waals surface area (Å²) < 4.78 is 10.7. The second-order valence-electron chi connectivity index (χ2n) is 8.00. The summed E-state index contributed by atoms with van der Waals surface area (Å²) in [6.45, 7) is 3.55. The molecule has 28 heavy (non-hydrogen) atoms. The van der Waals surface area contributed by atoms with Gasteiger partial charge in [-0.25, -0.2) is 4.79 Å². The van der Waals surface area contributed by atoms with E-state index in [2.05, 4.69) is 10.2 Å². The molecule has 7 heteroatoms. The number of likely N-dealkylation sites (tertiary alicyclic amines) is 1. The van der Waals surface area contributed by atoms with Crippen LogP contribution >= 0.6 is 0 Å². The molecule has 0 bridgehead atoms. The van der Waals surface area contributed by atoms with Crippen molar-refractivity contribution in [1.82, 2.24) is 15.1 Å². The lowest BCUT2D eigenvalue weighted by atomic mass is 9.86. The molecule has 1 aromatic carbocycles. The normalized spacial score (nSPS) is 22.4. The zero-order chi connectivity index (χ0) is 19.6. The van der Waals surface area contributed by atoms with E-state index in [4.69, 9.17) is 9.47 Å². The van der Waals surface area contributed by atoms with Crippen LogP contribution in [-0.4, -0.2) is 73.3 Å². The third kappa shape index (κ3) is 3.68. The predicted molar refractivity (Wildman–Crippen MR) is 104 cm³/mol. The Hall–Kier alpha value is -2.28. The van der Waals surface area contributed by atoms with Crippen molar-refractivity contribution in [3.8, 4) is 5.75 Å². The number of piperidine rings is 1. The first kappa shape index (κ1) is 19.1. The van der Waals surface area contributed by atoms with Crippen LogP contribution in [0.5, 0.6) is 5.75 Å². The molecular weight excluding hydrogens is 358 g/mol. The summed E-state index contributed by atoms with van der Waals surface area (Å²) in [6.07, 6.45) is 3.86. The van der Waals surface area contributed by atoms with Gasteiger partial charge in [0, 0.05) is 38.9 Å². The zero-order valence-corrected chi connectivity index (χ0v) is 16.5. The molecule has 1 N–H and O–H groups in total. The summed E-state index contributed by atoms with van der Waals surface area (Å²) in [7, 11) is 1.63. The van der Waals surface area contributed by atoms with Crippen LogP contribution in [0.4, 0.5) is 4.79 Å². The highest BCUT2D eigenvalue weighted by molar-refractivity contribution is 5.80. The van der Waals surface area contributed by atoms with E-state index in [0.29, 0.717) is 39.3 Å². The van der Waals surface area contributed by atoms with E-state index in [-0.39, 0.29) is 23.5 Å². The number of hydrogen-bond acceptors (Lipinski definition) is 4. The van der Waals surface area contributed by atoms with Crippen LogP contribution in [0.25, 0.3) is 0 Å². The van der Waals surface area contributed by atoms with Crippen molar-refractivity contribution in [3.05, 3.63) is 29.8 Å². The molecule has 4 rings (SSSR count). The SMILES string of the molecule is COc1ccc(CC(=O)N2CCC(N3C(=O)NCC34CCOCC4)CC2)cc1. The number of hydrogen-bond donors (Lipinski definition) is 1. The Kier molecular flexibility index (Phi) is 5.44. The number of amides is 3. The Morgan fingerprint density at radius 2 is 1.89 bits per heavy atom. The van der Waals surface area contributed by atoms with Gasteiger partial charge in [0.15, 0.2) is 0 Å². The van der Waals surface area contributed by atoms with Crippen LogP contribution < -0.4 is 10.1 Å². The number of carbonyl (C=O) groups is 2. The van der Waals surface area contributed by atoms with Crippen molar-refractivity contribution in [2.75, 3.05) is 40.0 Å². The van der Waals surface area contributed by atoms with Gasteiger partial charge in [-0.3, -0.25) is 4.79 Å². The van der Waals surface area contributed by atoms with Gasteiger partial charge in [0.1, 0.15) is 5.75 Å². The minimum Gasteiger partial charge on any atom is -0.497 e. The largest absolute Gasteiger partial charge is 0.497 e. The quantitative estimate of drug-likeness (QED) is 0.855. The van der Waals surface area contributed by atoms with Gasteiger partial charge in [0.25, 0.3) is 0 Å². The smallest absolute Gasteiger partial charge is 0.318 e. The predicted octanol–water partition coefficient (Wildman–Crippen LogP) is 1.80. The van der Waals surface area contributed by atoms with Crippen LogP contribution in [0.15, 0.2) is 24.3 Å². The highest BCUT2D eigenvalue weighted by atomic mass is 16.5. The molecule has 3 aliphatic heterocycles. The lowest BCUT2D eigenvalue weighted by molar-refractivity contribution is -0.132. The number of ether oxygens (including phenoxy) is 2. The first-order valence-electron chi connectivity index (χ1n) is 10.2. The van der Waals surface area contributed by atoms with Gasteiger partial charge in [0.2, 0.25) is 5.91 Å². The number of methoxy groups -OCH3 is 1. The van der Waals surface area contributed by atoms with E-state index in [1.54, 1.807) is 7.11 Å². The Labute approximate surface area is 166 Å². The van der Waals surface area contributed by atoms with E-state index in [1.807, 2.05) is 29.2 Å². The molecule has 3 heterocycles. The van der Waals surface area contributed by atoms with E-state index in [0.717, 1.165) is 37.0 Å². The van der Waals surface area contributed by atoms with Crippen LogP contribution in [0.1, 0.15) is 31.2 Å². The van der Waals surface area contributed by atoms with Crippen molar-refractivity contribution in [3.63, 3.8) is 0 Å². The monoisotopic (exact) mass is 387 g/mol. The minimum atomic E-state index is -0.102. The number of nitrogens with one attached hydrogen (secondary N) is 1. The Morgan fingerprint density at radius 3 is 2.54 bits per heavy atom. The first-order chi connectivity index (χ1) is 13.6. The highest BCUT2D eigenvalue weighted by Gasteiger charge is 2.49. The van der Waals surface area contributed by atoms with Gasteiger partial charge in [-0.2, -0.15) is 0 Å². The standard InChI is InChI=1S/C21H29N3O4/c1-27-18-4-2-16(3-5-18)14-19(25)23-10-6-17(7-11-23)24-20(26)22-15-21(24)8-12-28-13-9-21/h2-5,17H,6-15H2,1H3,(H,22,26). The third-order valence-corrected chi connectivity index (χ3v) is 6.42. The minimum absolute atomic E-state index is 0.0462. The fraction of sp³-hybridized carbons (Fsp3) is 0.619. The molecule has 3 amide bonds. The van der Waals surface area contributed by atoms with Gasteiger partial charge in [-0.05, 0) is 43.4 Å². The molecule has 0 saturated carbocycles. The van der Waals surface area contributed by atoms with Crippen molar-refractivity contribution >= 4 is 11.9 Å². The van der Waals surface area contributed by atoms with Gasteiger partial charge in [-0.15, -0.1) is 0 Å². The van der Waals surface area contributed by atoms with E-state index < -0.39 is 0 Å². The number of urea groups is 1. The number of benzene rings is 1. The van der Waals surface area contributed by atoms with E-state index in [1.165, 1.54) is 0 Å².